The number of rotatable bonds is 9. The van der Waals surface area contributed by atoms with E-state index in [1.165, 1.54) is 44.3 Å². The SMILES string of the molecule is CC(C)Oc1ccc(CN2CCCC(N(CCN3CCCC3)C(=O)C3CCC3)C2)cc1. The zero-order valence-corrected chi connectivity index (χ0v) is 19.6. The van der Waals surface area contributed by atoms with Crippen LogP contribution in [0, 0.1) is 5.92 Å². The average molecular weight is 428 g/mol. The fourth-order valence-corrected chi connectivity index (χ4v) is 5.25. The Labute approximate surface area is 188 Å². The highest BCUT2D eigenvalue weighted by atomic mass is 16.5. The van der Waals surface area contributed by atoms with Crippen LogP contribution in [0.25, 0.3) is 0 Å². The van der Waals surface area contributed by atoms with E-state index in [1.54, 1.807) is 0 Å². The summed E-state index contributed by atoms with van der Waals surface area (Å²) in [5.41, 5.74) is 1.32. The molecule has 0 radical (unpaired) electrons. The van der Waals surface area contributed by atoms with Crippen molar-refractivity contribution in [2.75, 3.05) is 39.3 Å². The zero-order chi connectivity index (χ0) is 21.6. The summed E-state index contributed by atoms with van der Waals surface area (Å²) in [6.45, 7) is 11.6. The van der Waals surface area contributed by atoms with Gasteiger partial charge in [0.25, 0.3) is 0 Å². The Hall–Kier alpha value is -1.59. The molecule has 2 saturated heterocycles. The minimum absolute atomic E-state index is 0.202. The van der Waals surface area contributed by atoms with Crippen molar-refractivity contribution in [3.63, 3.8) is 0 Å². The number of hydrogen-bond acceptors (Lipinski definition) is 4. The molecule has 172 valence electrons. The normalized spacial score (nSPS) is 23.1. The van der Waals surface area contributed by atoms with Crippen LogP contribution in [0.1, 0.15) is 64.4 Å². The van der Waals surface area contributed by atoms with Gasteiger partial charge in [-0.15, -0.1) is 0 Å². The number of amides is 1. The van der Waals surface area contributed by atoms with Crippen molar-refractivity contribution < 1.29 is 9.53 Å². The van der Waals surface area contributed by atoms with E-state index in [0.29, 0.717) is 17.9 Å². The minimum atomic E-state index is 0.202. The first kappa shape index (κ1) is 22.6. The van der Waals surface area contributed by atoms with Gasteiger partial charge in [0, 0.05) is 38.1 Å². The number of carbonyl (C=O) groups is 1. The number of ether oxygens (including phenoxy) is 1. The summed E-state index contributed by atoms with van der Waals surface area (Å²) < 4.78 is 5.78. The summed E-state index contributed by atoms with van der Waals surface area (Å²) in [6.07, 6.45) is 8.58. The molecular weight excluding hydrogens is 386 g/mol. The second kappa shape index (κ2) is 10.8. The molecule has 5 nitrogen and oxygen atoms in total. The predicted octanol–water partition coefficient (Wildman–Crippen LogP) is 4.16. The van der Waals surface area contributed by atoms with Crippen molar-refractivity contribution in [2.24, 2.45) is 5.92 Å². The minimum Gasteiger partial charge on any atom is -0.491 e. The molecule has 0 spiro atoms. The molecule has 3 fully saturated rings. The topological polar surface area (TPSA) is 36.0 Å². The lowest BCUT2D eigenvalue weighted by molar-refractivity contribution is -0.142. The molecule has 4 rings (SSSR count). The van der Waals surface area contributed by atoms with E-state index in [2.05, 4.69) is 52.8 Å². The Bertz CT molecular complexity index is 695. The second-order valence-corrected chi connectivity index (χ2v) is 10.0. The molecule has 1 unspecified atom stereocenters. The van der Waals surface area contributed by atoms with Gasteiger partial charge in [0.1, 0.15) is 5.75 Å². The van der Waals surface area contributed by atoms with Crippen LogP contribution >= 0.6 is 0 Å². The van der Waals surface area contributed by atoms with Crippen molar-refractivity contribution in [1.29, 1.82) is 0 Å². The molecule has 1 aromatic rings. The van der Waals surface area contributed by atoms with Crippen LogP contribution in [-0.4, -0.2) is 72.0 Å². The first-order valence-corrected chi connectivity index (χ1v) is 12.6. The summed E-state index contributed by atoms with van der Waals surface area (Å²) in [5, 5.41) is 0. The van der Waals surface area contributed by atoms with Crippen molar-refractivity contribution >= 4 is 5.91 Å². The summed E-state index contributed by atoms with van der Waals surface area (Å²) in [6, 6.07) is 8.91. The molecule has 0 N–H and O–H groups in total. The van der Waals surface area contributed by atoms with E-state index in [4.69, 9.17) is 4.74 Å². The van der Waals surface area contributed by atoms with Crippen LogP contribution in [0.4, 0.5) is 0 Å². The monoisotopic (exact) mass is 427 g/mol. The van der Waals surface area contributed by atoms with Gasteiger partial charge in [-0.1, -0.05) is 18.6 Å². The zero-order valence-electron chi connectivity index (χ0n) is 19.6. The predicted molar refractivity (Wildman–Crippen MR) is 125 cm³/mol. The Kier molecular flexibility index (Phi) is 7.89. The summed E-state index contributed by atoms with van der Waals surface area (Å²) in [7, 11) is 0. The van der Waals surface area contributed by atoms with Crippen LogP contribution in [0.5, 0.6) is 5.75 Å². The second-order valence-electron chi connectivity index (χ2n) is 10.0. The molecule has 2 aliphatic heterocycles. The number of hydrogen-bond donors (Lipinski definition) is 0. The summed E-state index contributed by atoms with van der Waals surface area (Å²) in [5.74, 6) is 1.67. The van der Waals surface area contributed by atoms with E-state index in [9.17, 15) is 4.79 Å². The van der Waals surface area contributed by atoms with Gasteiger partial charge in [0.05, 0.1) is 6.10 Å². The lowest BCUT2D eigenvalue weighted by Gasteiger charge is -2.42. The van der Waals surface area contributed by atoms with Crippen molar-refractivity contribution in [2.45, 2.75) is 77.5 Å². The van der Waals surface area contributed by atoms with Crippen LogP contribution in [0.3, 0.4) is 0 Å². The van der Waals surface area contributed by atoms with Crippen molar-refractivity contribution in [3.8, 4) is 5.75 Å². The van der Waals surface area contributed by atoms with Crippen molar-refractivity contribution in [1.82, 2.24) is 14.7 Å². The fraction of sp³-hybridized carbons (Fsp3) is 0.731. The largest absolute Gasteiger partial charge is 0.491 e. The number of carbonyl (C=O) groups excluding carboxylic acids is 1. The van der Waals surface area contributed by atoms with Crippen LogP contribution < -0.4 is 4.74 Å². The lowest BCUT2D eigenvalue weighted by atomic mass is 9.83. The Balaban J connectivity index is 1.35. The Morgan fingerprint density at radius 2 is 1.71 bits per heavy atom. The van der Waals surface area contributed by atoms with Gasteiger partial charge in [-0.3, -0.25) is 9.69 Å². The maximum atomic E-state index is 13.3. The van der Waals surface area contributed by atoms with Gasteiger partial charge in [-0.25, -0.2) is 0 Å². The molecule has 3 aliphatic rings. The highest BCUT2D eigenvalue weighted by molar-refractivity contribution is 5.80. The molecule has 1 amide bonds. The van der Waals surface area contributed by atoms with Crippen molar-refractivity contribution in [3.05, 3.63) is 29.8 Å². The van der Waals surface area contributed by atoms with E-state index in [-0.39, 0.29) is 6.10 Å². The standard InChI is InChI=1S/C26H41N3O2/c1-21(2)31-25-12-10-22(11-13-25)19-28-16-6-9-24(20-28)29(26(30)23-7-5-8-23)18-17-27-14-3-4-15-27/h10-13,21,23-24H,3-9,14-20H2,1-2H3. The van der Waals surface area contributed by atoms with E-state index >= 15 is 0 Å². The Morgan fingerprint density at radius 1 is 1.00 bits per heavy atom. The quantitative estimate of drug-likeness (QED) is 0.593. The smallest absolute Gasteiger partial charge is 0.226 e. The number of piperidine rings is 1. The molecule has 1 aromatic carbocycles. The van der Waals surface area contributed by atoms with Crippen LogP contribution in [0.15, 0.2) is 24.3 Å². The first-order valence-electron chi connectivity index (χ1n) is 12.6. The molecule has 5 heteroatoms. The van der Waals surface area contributed by atoms with Gasteiger partial charge in [0.2, 0.25) is 5.91 Å². The summed E-state index contributed by atoms with van der Waals surface area (Å²) in [4.78, 5) is 20.7. The molecule has 31 heavy (non-hydrogen) atoms. The molecule has 1 saturated carbocycles. The first-order chi connectivity index (χ1) is 15.1. The average Bonchev–Trinajstić information content (AvgIpc) is 3.22. The third kappa shape index (κ3) is 6.23. The molecule has 0 bridgehead atoms. The molecule has 2 heterocycles. The number of nitrogens with zero attached hydrogens (tertiary/aromatic N) is 3. The van der Waals surface area contributed by atoms with Gasteiger partial charge in [-0.2, -0.15) is 0 Å². The molecule has 1 atom stereocenters. The van der Waals surface area contributed by atoms with E-state index in [1.807, 2.05) is 0 Å². The third-order valence-electron chi connectivity index (χ3n) is 7.22. The maximum Gasteiger partial charge on any atom is 0.226 e. The highest BCUT2D eigenvalue weighted by Gasteiger charge is 2.35. The highest BCUT2D eigenvalue weighted by Crippen LogP contribution is 2.30. The lowest BCUT2D eigenvalue weighted by Crippen LogP contribution is -2.54. The van der Waals surface area contributed by atoms with E-state index in [0.717, 1.165) is 57.7 Å². The van der Waals surface area contributed by atoms with Gasteiger partial charge >= 0.3 is 0 Å². The van der Waals surface area contributed by atoms with Gasteiger partial charge in [0.15, 0.2) is 0 Å². The molecular formula is C26H41N3O2. The molecule has 0 aromatic heterocycles. The van der Waals surface area contributed by atoms with Crippen LogP contribution in [0.2, 0.25) is 0 Å². The van der Waals surface area contributed by atoms with E-state index < -0.39 is 0 Å². The number of likely N-dealkylation sites (tertiary alicyclic amines) is 2. The third-order valence-corrected chi connectivity index (χ3v) is 7.22. The van der Waals surface area contributed by atoms with Gasteiger partial charge in [-0.05, 0) is 89.7 Å². The summed E-state index contributed by atoms with van der Waals surface area (Å²) >= 11 is 0. The Morgan fingerprint density at radius 3 is 2.35 bits per heavy atom. The van der Waals surface area contributed by atoms with Gasteiger partial charge < -0.3 is 14.5 Å². The fourth-order valence-electron chi connectivity index (χ4n) is 5.25. The number of benzene rings is 1. The maximum absolute atomic E-state index is 13.3. The van der Waals surface area contributed by atoms with Crippen LogP contribution in [-0.2, 0) is 11.3 Å². The molecule has 1 aliphatic carbocycles.